The van der Waals surface area contributed by atoms with Crippen molar-refractivity contribution in [1.29, 1.82) is 0 Å². The van der Waals surface area contributed by atoms with Gasteiger partial charge in [0.2, 0.25) is 0 Å². The van der Waals surface area contributed by atoms with Gasteiger partial charge in [-0.05, 0) is 55.3 Å². The van der Waals surface area contributed by atoms with Gasteiger partial charge in [0, 0.05) is 18.3 Å². The fourth-order valence-electron chi connectivity index (χ4n) is 4.31. The first-order valence-electron chi connectivity index (χ1n) is 10.9. The first kappa shape index (κ1) is 24.5. The molecular weight excluding hydrogens is 469 g/mol. The van der Waals surface area contributed by atoms with Gasteiger partial charge in [-0.15, -0.1) is 0 Å². The van der Waals surface area contributed by atoms with Crippen molar-refractivity contribution in [3.63, 3.8) is 0 Å². The molecule has 3 atom stereocenters. The Bertz CT molecular complexity index is 1140. The van der Waals surface area contributed by atoms with E-state index in [1.807, 2.05) is 0 Å². The number of carbonyl (C=O) groups excluding carboxylic acids is 2. The highest BCUT2D eigenvalue weighted by atomic mass is 19.4. The Labute approximate surface area is 198 Å². The number of benzene rings is 2. The first-order chi connectivity index (χ1) is 16.5. The van der Waals surface area contributed by atoms with Crippen LogP contribution in [0, 0.1) is 0 Å². The van der Waals surface area contributed by atoms with E-state index in [-0.39, 0.29) is 47.5 Å². The van der Waals surface area contributed by atoms with Crippen molar-refractivity contribution in [3.8, 4) is 5.75 Å². The molecule has 2 N–H and O–H groups in total. The number of anilines is 1. The fraction of sp³-hybridized carbons (Fsp3) is 0.375. The molecular formula is C24H23F3N2O6. The molecule has 8 nitrogen and oxygen atoms in total. The van der Waals surface area contributed by atoms with E-state index in [4.69, 9.17) is 14.6 Å². The van der Waals surface area contributed by atoms with Gasteiger partial charge in [-0.25, -0.2) is 0 Å². The van der Waals surface area contributed by atoms with Crippen molar-refractivity contribution in [2.45, 2.75) is 43.7 Å². The van der Waals surface area contributed by atoms with Crippen molar-refractivity contribution < 1.29 is 42.1 Å². The maximum Gasteiger partial charge on any atom is 0.416 e. The molecule has 0 unspecified atom stereocenters. The summed E-state index contributed by atoms with van der Waals surface area (Å²) in [4.78, 5) is 38.3. The number of carboxylic acid groups (broad SMARTS) is 1. The van der Waals surface area contributed by atoms with E-state index >= 15 is 0 Å². The SMILES string of the molecule is CN1C(=O)c2cc(NC(=O)c3ccc(C(F)(F)F)cc3)ccc2OC[C@@H]2O[C@@H](CC(=O)O)CC[C@@H]21. The Hall–Kier alpha value is -3.60. The van der Waals surface area contributed by atoms with E-state index in [9.17, 15) is 27.6 Å². The summed E-state index contributed by atoms with van der Waals surface area (Å²) < 4.78 is 50.0. The lowest BCUT2D eigenvalue weighted by molar-refractivity contribution is -0.148. The summed E-state index contributed by atoms with van der Waals surface area (Å²) in [6.07, 6.45) is -4.54. The van der Waals surface area contributed by atoms with Crippen molar-refractivity contribution in [2.75, 3.05) is 19.0 Å². The Kier molecular flexibility index (Phi) is 6.70. The lowest BCUT2D eigenvalue weighted by Gasteiger charge is -2.42. The molecule has 2 aliphatic heterocycles. The number of hydrogen-bond acceptors (Lipinski definition) is 5. The molecule has 35 heavy (non-hydrogen) atoms. The van der Waals surface area contributed by atoms with Gasteiger partial charge in [0.25, 0.3) is 11.8 Å². The zero-order chi connectivity index (χ0) is 25.3. The van der Waals surface area contributed by atoms with E-state index in [2.05, 4.69) is 5.32 Å². The lowest BCUT2D eigenvalue weighted by atomic mass is 9.94. The van der Waals surface area contributed by atoms with Crippen LogP contribution in [0.2, 0.25) is 0 Å². The molecule has 11 heteroatoms. The number of hydrogen-bond donors (Lipinski definition) is 2. The summed E-state index contributed by atoms with van der Waals surface area (Å²) in [7, 11) is 1.63. The van der Waals surface area contributed by atoms with Crippen LogP contribution in [-0.4, -0.2) is 59.7 Å². The summed E-state index contributed by atoms with van der Waals surface area (Å²) in [5.41, 5.74) is -0.343. The molecule has 0 spiro atoms. The highest BCUT2D eigenvalue weighted by Gasteiger charge is 2.39. The largest absolute Gasteiger partial charge is 0.490 e. The number of ether oxygens (including phenoxy) is 2. The number of halogens is 3. The van der Waals surface area contributed by atoms with Gasteiger partial charge >= 0.3 is 12.1 Å². The van der Waals surface area contributed by atoms with Crippen molar-refractivity contribution in [2.24, 2.45) is 0 Å². The lowest BCUT2D eigenvalue weighted by Crippen LogP contribution is -2.53. The summed E-state index contributed by atoms with van der Waals surface area (Å²) >= 11 is 0. The van der Waals surface area contributed by atoms with Crippen LogP contribution in [-0.2, 0) is 15.7 Å². The molecule has 0 aliphatic carbocycles. The third-order valence-corrected chi connectivity index (χ3v) is 6.15. The number of nitrogens with one attached hydrogen (secondary N) is 1. The molecule has 1 saturated heterocycles. The molecule has 2 aromatic carbocycles. The minimum absolute atomic E-state index is 0.0301. The highest BCUT2D eigenvalue weighted by Crippen LogP contribution is 2.33. The topological polar surface area (TPSA) is 105 Å². The number of amides is 2. The number of carboxylic acids is 1. The van der Waals surface area contributed by atoms with E-state index < -0.39 is 35.8 Å². The van der Waals surface area contributed by atoms with Crippen LogP contribution in [0.4, 0.5) is 18.9 Å². The maximum atomic E-state index is 13.2. The molecule has 186 valence electrons. The second-order valence-electron chi connectivity index (χ2n) is 8.51. The van der Waals surface area contributed by atoms with E-state index in [1.54, 1.807) is 7.05 Å². The molecule has 2 amide bonds. The van der Waals surface area contributed by atoms with Gasteiger partial charge in [-0.3, -0.25) is 14.4 Å². The van der Waals surface area contributed by atoms with Gasteiger partial charge in [-0.1, -0.05) is 0 Å². The van der Waals surface area contributed by atoms with Gasteiger partial charge in [0.05, 0.1) is 29.7 Å². The number of fused-ring (bicyclic) bond motifs is 2. The Morgan fingerprint density at radius 1 is 1.14 bits per heavy atom. The summed E-state index contributed by atoms with van der Waals surface area (Å²) in [5, 5.41) is 11.6. The van der Waals surface area contributed by atoms with E-state index in [1.165, 1.54) is 23.1 Å². The first-order valence-corrected chi connectivity index (χ1v) is 10.9. The number of rotatable bonds is 4. The minimum Gasteiger partial charge on any atom is -0.490 e. The summed E-state index contributed by atoms with van der Waals surface area (Å²) in [6, 6.07) is 7.97. The standard InChI is InChI=1S/C24H23F3N2O6/c1-29-18-8-7-16(11-21(30)31)35-20(18)12-34-19-9-6-15(10-17(19)23(29)33)28-22(32)13-2-4-14(5-3-13)24(25,26)27/h2-6,9-10,16,18,20H,7-8,11-12H2,1H3,(H,28,32)(H,30,31)/t16-,18+,20+/m1/s1. The number of likely N-dealkylation sites (N-methyl/N-ethyl adjacent to an activating group) is 1. The molecule has 1 fully saturated rings. The smallest absolute Gasteiger partial charge is 0.416 e. The van der Waals surface area contributed by atoms with Crippen LogP contribution in [0.3, 0.4) is 0 Å². The molecule has 0 saturated carbocycles. The second-order valence-corrected chi connectivity index (χ2v) is 8.51. The van der Waals surface area contributed by atoms with E-state index in [0.717, 1.165) is 24.3 Å². The Morgan fingerprint density at radius 3 is 2.51 bits per heavy atom. The Balaban J connectivity index is 1.50. The molecule has 0 aromatic heterocycles. The molecule has 2 aromatic rings. The quantitative estimate of drug-likeness (QED) is 0.673. The zero-order valence-electron chi connectivity index (χ0n) is 18.7. The predicted octanol–water partition coefficient (Wildman–Crippen LogP) is 3.81. The number of nitrogens with zero attached hydrogens (tertiary/aromatic N) is 1. The fourth-order valence-corrected chi connectivity index (χ4v) is 4.31. The zero-order valence-corrected chi connectivity index (χ0v) is 18.7. The minimum atomic E-state index is -4.50. The van der Waals surface area contributed by atoms with E-state index in [0.29, 0.717) is 12.8 Å². The van der Waals surface area contributed by atoms with Gasteiger partial charge in [0.1, 0.15) is 18.5 Å². The van der Waals surface area contributed by atoms with Crippen molar-refractivity contribution in [3.05, 3.63) is 59.2 Å². The van der Waals surface area contributed by atoms with Crippen LogP contribution < -0.4 is 10.1 Å². The van der Waals surface area contributed by atoms with Gasteiger partial charge < -0.3 is 24.8 Å². The molecule has 4 rings (SSSR count). The molecule has 0 radical (unpaired) electrons. The van der Waals surface area contributed by atoms with Crippen LogP contribution >= 0.6 is 0 Å². The molecule has 2 heterocycles. The number of aliphatic carboxylic acids is 1. The van der Waals surface area contributed by atoms with Gasteiger partial charge in [-0.2, -0.15) is 13.2 Å². The van der Waals surface area contributed by atoms with Gasteiger partial charge in [0.15, 0.2) is 0 Å². The normalized spacial score (nSPS) is 22.2. The third-order valence-electron chi connectivity index (χ3n) is 6.15. The third kappa shape index (κ3) is 5.40. The second kappa shape index (κ2) is 9.57. The maximum absolute atomic E-state index is 13.2. The van der Waals surface area contributed by atoms with Crippen LogP contribution in [0.1, 0.15) is 45.5 Å². The monoisotopic (exact) mass is 492 g/mol. The van der Waals surface area contributed by atoms with Crippen LogP contribution in [0.15, 0.2) is 42.5 Å². The Morgan fingerprint density at radius 2 is 1.86 bits per heavy atom. The summed E-state index contributed by atoms with van der Waals surface area (Å²) in [5.74, 6) is -1.67. The summed E-state index contributed by atoms with van der Waals surface area (Å²) in [6.45, 7) is 0.114. The highest BCUT2D eigenvalue weighted by molar-refractivity contribution is 6.05. The van der Waals surface area contributed by atoms with Crippen LogP contribution in [0.5, 0.6) is 5.75 Å². The number of carbonyl (C=O) groups is 3. The van der Waals surface area contributed by atoms with Crippen LogP contribution in [0.25, 0.3) is 0 Å². The molecule has 0 bridgehead atoms. The van der Waals surface area contributed by atoms with Crippen molar-refractivity contribution >= 4 is 23.5 Å². The average Bonchev–Trinajstić information content (AvgIpc) is 2.81. The molecule has 2 aliphatic rings. The average molecular weight is 492 g/mol. The number of alkyl halides is 3. The van der Waals surface area contributed by atoms with Crippen molar-refractivity contribution in [1.82, 2.24) is 4.90 Å². The predicted molar refractivity (Wildman–Crippen MR) is 117 cm³/mol.